The Kier molecular flexibility index (Phi) is 7.66. The van der Waals surface area contributed by atoms with E-state index < -0.39 is 16.1 Å². The molecule has 0 amide bonds. The van der Waals surface area contributed by atoms with E-state index in [1.807, 2.05) is 36.4 Å². The van der Waals surface area contributed by atoms with E-state index in [2.05, 4.69) is 16.4 Å². The highest BCUT2D eigenvalue weighted by molar-refractivity contribution is 7.89. The lowest BCUT2D eigenvalue weighted by Gasteiger charge is -2.31. The van der Waals surface area contributed by atoms with Crippen molar-refractivity contribution < 1.29 is 23.0 Å². The number of piperidine rings is 1. The van der Waals surface area contributed by atoms with Crippen LogP contribution in [0.15, 0.2) is 71.6 Å². The Bertz CT molecular complexity index is 1440. The van der Waals surface area contributed by atoms with Crippen LogP contribution < -0.4 is 14.8 Å². The number of methoxy groups -OCH3 is 1. The maximum absolute atomic E-state index is 12.9. The zero-order chi connectivity index (χ0) is 25.8. The molecule has 5 rings (SSSR count). The second kappa shape index (κ2) is 11.1. The van der Waals surface area contributed by atoms with Crippen molar-refractivity contribution in [1.29, 1.82) is 0 Å². The van der Waals surface area contributed by atoms with E-state index in [1.165, 1.54) is 0 Å². The maximum Gasteiger partial charge on any atom is 0.243 e. The fraction of sp³-hybridized carbons (Fsp3) is 0.357. The molecule has 0 unspecified atom stereocenters. The molecular weight excluding hydrogens is 490 g/mol. The summed E-state index contributed by atoms with van der Waals surface area (Å²) in [7, 11) is -1.95. The number of hydrogen-bond acceptors (Lipinski definition) is 6. The van der Waals surface area contributed by atoms with Crippen molar-refractivity contribution in [1.82, 2.24) is 14.6 Å². The number of benzene rings is 3. The van der Waals surface area contributed by atoms with Gasteiger partial charge in [-0.25, -0.2) is 8.42 Å². The number of sulfonamides is 1. The van der Waals surface area contributed by atoms with Crippen molar-refractivity contribution in [3.63, 3.8) is 0 Å². The van der Waals surface area contributed by atoms with Crippen LogP contribution >= 0.6 is 0 Å². The van der Waals surface area contributed by atoms with Crippen molar-refractivity contribution in [2.45, 2.75) is 23.8 Å². The molecule has 1 aliphatic heterocycles. The molecule has 9 heteroatoms. The monoisotopic (exact) mass is 523 g/mol. The predicted octanol–water partition coefficient (Wildman–Crippen LogP) is 3.76. The Morgan fingerprint density at radius 3 is 2.51 bits per heavy atom. The third-order valence-corrected chi connectivity index (χ3v) is 8.92. The summed E-state index contributed by atoms with van der Waals surface area (Å²) in [5.74, 6) is 1.74. The zero-order valence-corrected chi connectivity index (χ0v) is 21.7. The molecule has 1 fully saturated rings. The molecule has 0 aliphatic carbocycles. The van der Waals surface area contributed by atoms with Gasteiger partial charge in [0.1, 0.15) is 24.2 Å². The first-order valence-corrected chi connectivity index (χ1v) is 14.0. The molecule has 0 spiro atoms. The topological polar surface area (TPSA) is 104 Å². The van der Waals surface area contributed by atoms with E-state index in [-0.39, 0.29) is 11.5 Å². The maximum atomic E-state index is 12.9. The van der Waals surface area contributed by atoms with Crippen LogP contribution in [0.2, 0.25) is 0 Å². The highest BCUT2D eigenvalue weighted by Crippen LogP contribution is 2.33. The number of nitrogens with one attached hydrogen (secondary N) is 2. The van der Waals surface area contributed by atoms with Crippen molar-refractivity contribution in [2.75, 3.05) is 39.9 Å². The smallest absolute Gasteiger partial charge is 0.243 e. The van der Waals surface area contributed by atoms with Crippen LogP contribution in [0.5, 0.6) is 11.5 Å². The number of ether oxygens (including phenoxy) is 2. The molecule has 1 aliphatic rings. The van der Waals surface area contributed by atoms with E-state index in [4.69, 9.17) is 9.47 Å². The number of nitrogens with zero attached hydrogens (tertiary/aromatic N) is 1. The molecule has 0 saturated carbocycles. The minimum Gasteiger partial charge on any atom is -0.497 e. The number of fused-ring (bicyclic) bond motifs is 3. The zero-order valence-electron chi connectivity index (χ0n) is 20.9. The van der Waals surface area contributed by atoms with Gasteiger partial charge in [0, 0.05) is 35.9 Å². The van der Waals surface area contributed by atoms with E-state index in [9.17, 15) is 13.5 Å². The summed E-state index contributed by atoms with van der Waals surface area (Å²) in [6.45, 7) is 2.30. The lowest BCUT2D eigenvalue weighted by molar-refractivity contribution is 0.105. The molecule has 0 radical (unpaired) electrons. The van der Waals surface area contributed by atoms with Crippen LogP contribution in [0, 0.1) is 5.92 Å². The summed E-state index contributed by atoms with van der Waals surface area (Å²) in [6.07, 6.45) is 0.894. The summed E-state index contributed by atoms with van der Waals surface area (Å²) >= 11 is 0. The summed E-state index contributed by atoms with van der Waals surface area (Å²) in [5, 5.41) is 16.0. The molecule has 2 heterocycles. The first-order valence-electron chi connectivity index (χ1n) is 12.6. The van der Waals surface area contributed by atoms with Crippen LogP contribution in [0.4, 0.5) is 0 Å². The Morgan fingerprint density at radius 1 is 1.03 bits per heavy atom. The molecule has 3 N–H and O–H groups in total. The van der Waals surface area contributed by atoms with Gasteiger partial charge in [0.05, 0.1) is 17.5 Å². The van der Waals surface area contributed by atoms with E-state index in [1.54, 1.807) is 35.7 Å². The molecule has 1 atom stereocenters. The van der Waals surface area contributed by atoms with Gasteiger partial charge < -0.3 is 24.9 Å². The minimum atomic E-state index is -3.50. The van der Waals surface area contributed by atoms with Crippen molar-refractivity contribution in [3.05, 3.63) is 66.7 Å². The SMILES string of the molecule is COc1ccc(S(=O)(=O)N2CCC(CNC[C@H](O)COc3cccc4[nH]c5ccccc5c34)CC2)cc1. The minimum absolute atomic E-state index is 0.185. The van der Waals surface area contributed by atoms with E-state index in [0.717, 1.165) is 46.9 Å². The van der Waals surface area contributed by atoms with Crippen LogP contribution in [-0.2, 0) is 10.0 Å². The Hall–Kier alpha value is -3.11. The third kappa shape index (κ3) is 5.60. The molecule has 1 aromatic heterocycles. The predicted molar refractivity (Wildman–Crippen MR) is 145 cm³/mol. The van der Waals surface area contributed by atoms with Crippen LogP contribution in [0.1, 0.15) is 12.8 Å². The summed E-state index contributed by atoms with van der Waals surface area (Å²) in [6, 6.07) is 20.5. The molecule has 196 valence electrons. The van der Waals surface area contributed by atoms with Gasteiger partial charge >= 0.3 is 0 Å². The normalized spacial score (nSPS) is 16.3. The van der Waals surface area contributed by atoms with Gasteiger partial charge in [0.25, 0.3) is 0 Å². The van der Waals surface area contributed by atoms with Crippen LogP contribution in [0.25, 0.3) is 21.8 Å². The first kappa shape index (κ1) is 25.5. The van der Waals surface area contributed by atoms with Gasteiger partial charge in [-0.05, 0) is 67.8 Å². The van der Waals surface area contributed by atoms with Gasteiger partial charge in [-0.1, -0.05) is 24.3 Å². The van der Waals surface area contributed by atoms with E-state index >= 15 is 0 Å². The number of aliphatic hydroxyl groups excluding tert-OH is 1. The quantitative estimate of drug-likeness (QED) is 0.293. The molecule has 37 heavy (non-hydrogen) atoms. The molecule has 0 bridgehead atoms. The number of H-pyrrole nitrogens is 1. The third-order valence-electron chi connectivity index (χ3n) is 7.01. The van der Waals surface area contributed by atoms with Crippen molar-refractivity contribution in [2.24, 2.45) is 5.92 Å². The molecular formula is C28H33N3O5S. The van der Waals surface area contributed by atoms with Gasteiger partial charge in [-0.3, -0.25) is 0 Å². The van der Waals surface area contributed by atoms with Gasteiger partial charge in [-0.2, -0.15) is 4.31 Å². The summed E-state index contributed by atoms with van der Waals surface area (Å²) < 4.78 is 38.6. The second-order valence-electron chi connectivity index (χ2n) is 9.50. The average molecular weight is 524 g/mol. The molecule has 4 aromatic rings. The van der Waals surface area contributed by atoms with E-state index in [0.29, 0.717) is 31.3 Å². The Balaban J connectivity index is 1.08. The molecule has 3 aromatic carbocycles. The number of hydrogen-bond donors (Lipinski definition) is 3. The Labute approximate surface area is 217 Å². The van der Waals surface area contributed by atoms with Gasteiger partial charge in [0.15, 0.2) is 0 Å². The second-order valence-corrected chi connectivity index (χ2v) is 11.4. The highest BCUT2D eigenvalue weighted by atomic mass is 32.2. The Morgan fingerprint density at radius 2 is 1.76 bits per heavy atom. The largest absolute Gasteiger partial charge is 0.497 e. The van der Waals surface area contributed by atoms with Crippen molar-refractivity contribution in [3.8, 4) is 11.5 Å². The van der Waals surface area contributed by atoms with Crippen LogP contribution in [-0.4, -0.2) is 68.8 Å². The number of aliphatic hydroxyl groups is 1. The lowest BCUT2D eigenvalue weighted by atomic mass is 9.98. The molecule has 8 nitrogen and oxygen atoms in total. The van der Waals surface area contributed by atoms with Gasteiger partial charge in [-0.15, -0.1) is 0 Å². The first-order chi connectivity index (χ1) is 18.0. The van der Waals surface area contributed by atoms with Crippen molar-refractivity contribution >= 4 is 31.8 Å². The number of aromatic nitrogens is 1. The number of rotatable bonds is 10. The van der Waals surface area contributed by atoms with Crippen LogP contribution in [0.3, 0.4) is 0 Å². The fourth-order valence-corrected chi connectivity index (χ4v) is 6.41. The summed E-state index contributed by atoms with van der Waals surface area (Å²) in [4.78, 5) is 3.69. The average Bonchev–Trinajstić information content (AvgIpc) is 3.31. The number of aromatic amines is 1. The fourth-order valence-electron chi connectivity index (χ4n) is 4.94. The van der Waals surface area contributed by atoms with Gasteiger partial charge in [0.2, 0.25) is 10.0 Å². The summed E-state index contributed by atoms with van der Waals surface area (Å²) in [5.41, 5.74) is 2.06. The number of para-hydroxylation sites is 1. The molecule has 1 saturated heterocycles. The lowest BCUT2D eigenvalue weighted by Crippen LogP contribution is -2.42. The highest BCUT2D eigenvalue weighted by Gasteiger charge is 2.29. The standard InChI is InChI=1S/C28H33N3O5S/c1-35-22-9-11-23(12-10-22)37(33,34)31-15-13-20(14-16-31)17-29-18-21(32)19-36-27-8-4-7-26-28(27)24-5-2-3-6-25(24)30-26/h2-12,20-21,29-30,32H,13-19H2,1H3/t21-/m0/s1.